The van der Waals surface area contributed by atoms with E-state index in [1.807, 2.05) is 6.07 Å². The lowest BCUT2D eigenvalue weighted by Crippen LogP contribution is -1.84. The normalized spacial score (nSPS) is 10.9. The van der Waals surface area contributed by atoms with E-state index in [0.29, 0.717) is 11.8 Å². The molecule has 0 N–H and O–H groups in total. The summed E-state index contributed by atoms with van der Waals surface area (Å²) in [5.41, 5.74) is 4.18. The van der Waals surface area contributed by atoms with E-state index in [4.69, 9.17) is 0 Å². The minimum absolute atomic E-state index is 0.603. The zero-order chi connectivity index (χ0) is 16.1. The second-order valence-corrected chi connectivity index (χ2v) is 6.43. The third kappa shape index (κ3) is 3.79. The van der Waals surface area contributed by atoms with Crippen LogP contribution in [0.2, 0.25) is 0 Å². The van der Waals surface area contributed by atoms with Crippen molar-refractivity contribution in [2.24, 2.45) is 7.05 Å². The van der Waals surface area contributed by atoms with Crippen molar-refractivity contribution in [2.45, 2.75) is 39.5 Å². The first-order valence-corrected chi connectivity index (χ1v) is 8.09. The quantitative estimate of drug-likeness (QED) is 0.537. The Balaban J connectivity index is 0.000000172. The Kier molecular flexibility index (Phi) is 5.43. The van der Waals surface area contributed by atoms with Crippen molar-refractivity contribution in [3.05, 3.63) is 71.9 Å². The molecule has 116 valence electrons. The van der Waals surface area contributed by atoms with Gasteiger partial charge in [0.1, 0.15) is 0 Å². The van der Waals surface area contributed by atoms with Crippen LogP contribution in [0, 0.1) is 0 Å². The molecule has 1 aromatic heterocycles. The maximum Gasteiger partial charge on any atom is 0.0480 e. The van der Waals surface area contributed by atoms with E-state index in [9.17, 15) is 0 Å². The molecule has 22 heavy (non-hydrogen) atoms. The van der Waals surface area contributed by atoms with Gasteiger partial charge in [0.2, 0.25) is 0 Å². The van der Waals surface area contributed by atoms with Crippen LogP contribution in [0.1, 0.15) is 50.7 Å². The Bertz CT molecular complexity index is 705. The van der Waals surface area contributed by atoms with Crippen LogP contribution < -0.4 is 0 Å². The van der Waals surface area contributed by atoms with E-state index in [2.05, 4.69) is 94.0 Å². The van der Waals surface area contributed by atoms with Crippen molar-refractivity contribution in [1.29, 1.82) is 0 Å². The van der Waals surface area contributed by atoms with Gasteiger partial charge in [0.15, 0.2) is 0 Å². The van der Waals surface area contributed by atoms with E-state index >= 15 is 0 Å². The van der Waals surface area contributed by atoms with Gasteiger partial charge in [-0.05, 0) is 29.0 Å². The van der Waals surface area contributed by atoms with E-state index in [1.165, 1.54) is 22.0 Å². The number of nitrogens with zero attached hydrogens (tertiary/aromatic N) is 1. The maximum atomic E-state index is 2.24. The van der Waals surface area contributed by atoms with Gasteiger partial charge in [0.05, 0.1) is 0 Å². The average Bonchev–Trinajstić information content (AvgIpc) is 2.87. The highest BCUT2D eigenvalue weighted by molar-refractivity contribution is 5.84. The lowest BCUT2D eigenvalue weighted by molar-refractivity contribution is 0.857. The van der Waals surface area contributed by atoms with Crippen molar-refractivity contribution < 1.29 is 0 Å². The fourth-order valence-electron chi connectivity index (χ4n) is 2.67. The van der Waals surface area contributed by atoms with E-state index in [1.54, 1.807) is 0 Å². The van der Waals surface area contributed by atoms with Gasteiger partial charge in [-0.3, -0.25) is 0 Å². The predicted octanol–water partition coefficient (Wildman–Crippen LogP) is 6.11. The number of rotatable bonds is 2. The van der Waals surface area contributed by atoms with Crippen LogP contribution in [0.4, 0.5) is 0 Å². The van der Waals surface area contributed by atoms with Crippen LogP contribution in [0.25, 0.3) is 10.9 Å². The first kappa shape index (κ1) is 16.4. The molecule has 1 heteroatoms. The van der Waals surface area contributed by atoms with Crippen molar-refractivity contribution in [1.82, 2.24) is 4.57 Å². The molecule has 3 aromatic rings. The number of aromatic nitrogens is 1. The zero-order valence-corrected chi connectivity index (χ0v) is 14.4. The second kappa shape index (κ2) is 7.31. The molecular formula is C21H27N. The summed E-state index contributed by atoms with van der Waals surface area (Å²) < 4.78 is 2.20. The van der Waals surface area contributed by atoms with Gasteiger partial charge in [-0.25, -0.2) is 0 Å². The fraction of sp³-hybridized carbons (Fsp3) is 0.333. The average molecular weight is 293 g/mol. The van der Waals surface area contributed by atoms with E-state index in [0.717, 1.165) is 0 Å². The number of fused-ring (bicyclic) bond motifs is 1. The Morgan fingerprint density at radius 3 is 1.86 bits per heavy atom. The van der Waals surface area contributed by atoms with Gasteiger partial charge in [-0.2, -0.15) is 0 Å². The van der Waals surface area contributed by atoms with Gasteiger partial charge in [0, 0.05) is 24.1 Å². The lowest BCUT2D eigenvalue weighted by Gasteiger charge is -2.01. The third-order valence-corrected chi connectivity index (χ3v) is 4.02. The number of hydrogen-bond acceptors (Lipinski definition) is 0. The highest BCUT2D eigenvalue weighted by Gasteiger charge is 2.07. The number of para-hydroxylation sites is 1. The maximum absolute atomic E-state index is 2.24. The molecule has 0 saturated carbocycles. The molecule has 2 aromatic carbocycles. The third-order valence-electron chi connectivity index (χ3n) is 4.02. The van der Waals surface area contributed by atoms with Gasteiger partial charge < -0.3 is 4.57 Å². The molecule has 0 aliphatic heterocycles. The van der Waals surface area contributed by atoms with Crippen LogP contribution in [0.5, 0.6) is 0 Å². The summed E-state index contributed by atoms with van der Waals surface area (Å²) in [5.74, 6) is 1.26. The monoisotopic (exact) mass is 293 g/mol. The largest absolute Gasteiger partial charge is 0.350 e. The lowest BCUT2D eigenvalue weighted by atomic mass is 10.0. The molecule has 0 amide bonds. The molecule has 0 radical (unpaired) electrons. The number of aryl methyl sites for hydroxylation is 1. The summed E-state index contributed by atoms with van der Waals surface area (Å²) in [4.78, 5) is 0. The first-order valence-electron chi connectivity index (χ1n) is 8.09. The molecule has 0 aliphatic carbocycles. The smallest absolute Gasteiger partial charge is 0.0480 e. The summed E-state index contributed by atoms with van der Waals surface area (Å²) in [6.45, 7) is 8.88. The molecule has 0 spiro atoms. The summed E-state index contributed by atoms with van der Waals surface area (Å²) in [6, 6.07) is 19.1. The van der Waals surface area contributed by atoms with Crippen LogP contribution in [0.3, 0.4) is 0 Å². The Morgan fingerprint density at radius 2 is 1.32 bits per heavy atom. The van der Waals surface area contributed by atoms with E-state index < -0.39 is 0 Å². The van der Waals surface area contributed by atoms with Crippen LogP contribution in [0.15, 0.2) is 60.8 Å². The van der Waals surface area contributed by atoms with Crippen molar-refractivity contribution in [2.75, 3.05) is 0 Å². The Morgan fingerprint density at radius 1 is 0.727 bits per heavy atom. The molecule has 0 saturated heterocycles. The van der Waals surface area contributed by atoms with Gasteiger partial charge in [-0.1, -0.05) is 76.2 Å². The summed E-state index contributed by atoms with van der Waals surface area (Å²) >= 11 is 0. The van der Waals surface area contributed by atoms with Crippen LogP contribution >= 0.6 is 0 Å². The second-order valence-electron chi connectivity index (χ2n) is 6.43. The molecule has 0 bridgehead atoms. The molecule has 0 atom stereocenters. The SMILES string of the molecule is CC(C)c1ccccc1.CC(C)c1cn(C)c2ccccc12. The summed E-state index contributed by atoms with van der Waals surface area (Å²) in [5, 5.41) is 1.39. The van der Waals surface area contributed by atoms with Crippen molar-refractivity contribution in [3.8, 4) is 0 Å². The Labute approximate surface area is 134 Å². The standard InChI is InChI=1S/C12H15N.C9H12/c1-9(2)11-8-13(3)12-7-5-4-6-10(11)12;1-8(2)9-6-4-3-5-7-9/h4-9H,1-3H3;3-8H,1-2H3. The number of hydrogen-bond donors (Lipinski definition) is 0. The fourth-order valence-corrected chi connectivity index (χ4v) is 2.67. The molecule has 0 aliphatic rings. The molecular weight excluding hydrogens is 266 g/mol. The minimum Gasteiger partial charge on any atom is -0.350 e. The van der Waals surface area contributed by atoms with Gasteiger partial charge in [0.25, 0.3) is 0 Å². The topological polar surface area (TPSA) is 4.93 Å². The van der Waals surface area contributed by atoms with Crippen molar-refractivity contribution in [3.63, 3.8) is 0 Å². The molecule has 0 unspecified atom stereocenters. The minimum atomic E-state index is 0.603. The van der Waals surface area contributed by atoms with Crippen LogP contribution in [-0.2, 0) is 7.05 Å². The Hall–Kier alpha value is -2.02. The highest BCUT2D eigenvalue weighted by atomic mass is 14.9. The first-order chi connectivity index (χ1) is 10.5. The van der Waals surface area contributed by atoms with Gasteiger partial charge in [-0.15, -0.1) is 0 Å². The zero-order valence-electron chi connectivity index (χ0n) is 14.4. The predicted molar refractivity (Wildman–Crippen MR) is 97.5 cm³/mol. The molecule has 1 nitrogen and oxygen atoms in total. The van der Waals surface area contributed by atoms with Crippen LogP contribution in [-0.4, -0.2) is 4.57 Å². The van der Waals surface area contributed by atoms with Crippen molar-refractivity contribution >= 4 is 10.9 Å². The number of benzene rings is 2. The summed E-state index contributed by atoms with van der Waals surface area (Å²) in [6.07, 6.45) is 2.23. The highest BCUT2D eigenvalue weighted by Crippen LogP contribution is 2.26. The summed E-state index contributed by atoms with van der Waals surface area (Å²) in [7, 11) is 2.11. The molecule has 1 heterocycles. The molecule has 0 fully saturated rings. The molecule has 3 rings (SSSR count). The van der Waals surface area contributed by atoms with Gasteiger partial charge >= 0.3 is 0 Å². The van der Waals surface area contributed by atoms with E-state index in [-0.39, 0.29) is 0 Å².